The van der Waals surface area contributed by atoms with Crippen molar-refractivity contribution in [3.63, 3.8) is 0 Å². The molecular weight excluding hydrogens is 656 g/mol. The number of carbonyl (C=O) groups is 2. The number of hydrogen-bond donors (Lipinski definition) is 1. The Balaban J connectivity index is 1.18. The van der Waals surface area contributed by atoms with E-state index in [2.05, 4.69) is 63.6 Å². The number of nitrogens with zero attached hydrogens (tertiary/aromatic N) is 9. The Bertz CT molecular complexity index is 2000. The van der Waals surface area contributed by atoms with E-state index < -0.39 is 11.9 Å². The van der Waals surface area contributed by atoms with Crippen molar-refractivity contribution in [3.05, 3.63) is 77.5 Å². The number of ether oxygens (including phenoxy) is 1. The number of hydrogen-bond acceptors (Lipinski definition) is 10. The Hall–Kier alpha value is -5.19. The lowest BCUT2D eigenvalue weighted by Crippen LogP contribution is -2.56. The molecule has 0 unspecified atom stereocenters. The van der Waals surface area contributed by atoms with E-state index in [-0.39, 0.29) is 23.7 Å². The van der Waals surface area contributed by atoms with Gasteiger partial charge in [-0.25, -0.2) is 4.98 Å². The molecule has 0 radical (unpaired) electrons. The number of nitriles is 1. The number of amides is 2. The molecule has 3 aliphatic heterocycles. The molecule has 2 saturated heterocycles. The highest BCUT2D eigenvalue weighted by Gasteiger charge is 2.35. The van der Waals surface area contributed by atoms with Gasteiger partial charge in [0.05, 0.1) is 35.8 Å². The third-order valence-corrected chi connectivity index (χ3v) is 10.4. The molecule has 2 amide bonds. The van der Waals surface area contributed by atoms with Gasteiger partial charge in [0.15, 0.2) is 0 Å². The minimum Gasteiger partial charge on any atom is -0.462 e. The number of fused-ring (bicyclic) bond motifs is 2. The van der Waals surface area contributed by atoms with Crippen molar-refractivity contribution in [1.29, 1.82) is 5.26 Å². The molecule has 13 nitrogen and oxygen atoms in total. The van der Waals surface area contributed by atoms with Crippen LogP contribution in [0.5, 0.6) is 6.01 Å². The highest BCUT2D eigenvalue weighted by atomic mass is 35.5. The van der Waals surface area contributed by atoms with Crippen LogP contribution in [0.4, 0.5) is 11.5 Å². The molecule has 7 rings (SSSR count). The number of nitrogens with two attached hydrogens (primary N) is 1. The second-order valence-corrected chi connectivity index (χ2v) is 13.5. The molecular formula is C36H39ClN10O3. The summed E-state index contributed by atoms with van der Waals surface area (Å²) in [6.07, 6.45) is 5.72. The Morgan fingerprint density at radius 2 is 1.92 bits per heavy atom. The summed E-state index contributed by atoms with van der Waals surface area (Å²) in [4.78, 5) is 47.6. The van der Waals surface area contributed by atoms with Crippen LogP contribution in [-0.2, 0) is 17.8 Å². The van der Waals surface area contributed by atoms with E-state index in [1.165, 1.54) is 17.1 Å². The zero-order valence-corrected chi connectivity index (χ0v) is 28.7. The average Bonchev–Trinajstić information content (AvgIpc) is 3.79. The van der Waals surface area contributed by atoms with Crippen LogP contribution < -0.4 is 20.3 Å². The molecule has 4 aromatic rings. The smallest absolute Gasteiger partial charge is 0.318 e. The SMILES string of the molecule is C=C(C(=O)N1CCN(c2nc(OC[C@@H]3CCCN3C)nc3c2CCN(c2cccc4cccc(Cl)c24)C3)C[C@@H]1CC#N)n1cnc(C(N)=O)c1. The maximum atomic E-state index is 13.7. The van der Waals surface area contributed by atoms with Crippen LogP contribution in [0.3, 0.4) is 0 Å². The van der Waals surface area contributed by atoms with E-state index in [1.54, 1.807) is 4.90 Å². The fraction of sp³-hybridized carbons (Fsp3) is 0.389. The summed E-state index contributed by atoms with van der Waals surface area (Å²) in [6, 6.07) is 14.6. The van der Waals surface area contributed by atoms with Gasteiger partial charge in [-0.05, 0) is 50.4 Å². The topological polar surface area (TPSA) is 150 Å². The number of rotatable bonds is 9. The number of primary amides is 1. The fourth-order valence-electron chi connectivity index (χ4n) is 7.29. The molecule has 2 aromatic carbocycles. The number of halogens is 1. The first-order valence-corrected chi connectivity index (χ1v) is 17.2. The zero-order valence-electron chi connectivity index (χ0n) is 28.0. The van der Waals surface area contributed by atoms with Gasteiger partial charge >= 0.3 is 6.01 Å². The molecule has 2 aromatic heterocycles. The minimum absolute atomic E-state index is 0.0330. The summed E-state index contributed by atoms with van der Waals surface area (Å²) in [5, 5.41) is 12.6. The van der Waals surface area contributed by atoms with Crippen LogP contribution >= 0.6 is 11.6 Å². The number of piperazine rings is 1. The number of benzene rings is 2. The highest BCUT2D eigenvalue weighted by Crippen LogP contribution is 2.37. The van der Waals surface area contributed by atoms with Gasteiger partial charge in [-0.3, -0.25) is 9.59 Å². The minimum atomic E-state index is -0.698. The van der Waals surface area contributed by atoms with Gasteiger partial charge < -0.3 is 34.6 Å². The predicted molar refractivity (Wildman–Crippen MR) is 191 cm³/mol. The second kappa shape index (κ2) is 14.0. The van der Waals surface area contributed by atoms with Crippen molar-refractivity contribution in [2.45, 2.75) is 44.3 Å². The molecule has 2 fully saturated rings. The summed E-state index contributed by atoms with van der Waals surface area (Å²) < 4.78 is 7.71. The summed E-state index contributed by atoms with van der Waals surface area (Å²) in [7, 11) is 2.11. The van der Waals surface area contributed by atoms with Gasteiger partial charge in [-0.2, -0.15) is 15.2 Å². The van der Waals surface area contributed by atoms with Gasteiger partial charge in [0.2, 0.25) is 0 Å². The van der Waals surface area contributed by atoms with Crippen molar-refractivity contribution in [1.82, 2.24) is 29.3 Å². The lowest BCUT2D eigenvalue weighted by atomic mass is 10.0. The molecule has 0 aliphatic carbocycles. The normalized spacial score (nSPS) is 19.3. The van der Waals surface area contributed by atoms with E-state index >= 15 is 0 Å². The molecule has 0 spiro atoms. The summed E-state index contributed by atoms with van der Waals surface area (Å²) in [5.74, 6) is -0.275. The average molecular weight is 695 g/mol. The van der Waals surface area contributed by atoms with Crippen LogP contribution in [0.15, 0.2) is 55.5 Å². The van der Waals surface area contributed by atoms with Crippen LogP contribution in [-0.4, -0.2) is 99.6 Å². The monoisotopic (exact) mass is 694 g/mol. The van der Waals surface area contributed by atoms with E-state index in [4.69, 9.17) is 32.0 Å². The number of carbonyl (C=O) groups excluding carboxylic acids is 2. The van der Waals surface area contributed by atoms with Crippen molar-refractivity contribution in [2.75, 3.05) is 56.2 Å². The fourth-order valence-corrected chi connectivity index (χ4v) is 7.57. The lowest BCUT2D eigenvalue weighted by molar-refractivity contribution is -0.128. The van der Waals surface area contributed by atoms with Crippen molar-refractivity contribution >= 4 is 51.4 Å². The predicted octanol–water partition coefficient (Wildman–Crippen LogP) is 3.72. The Labute approximate surface area is 295 Å². The number of likely N-dealkylation sites (tertiary alicyclic amines) is 1. The molecule has 5 heterocycles. The first-order valence-electron chi connectivity index (χ1n) is 16.8. The van der Waals surface area contributed by atoms with Crippen LogP contribution in [0, 0.1) is 11.3 Å². The number of likely N-dealkylation sites (N-methyl/N-ethyl adjacent to an activating group) is 1. The van der Waals surface area contributed by atoms with Gasteiger partial charge in [0.1, 0.15) is 30.1 Å². The molecule has 2 atom stereocenters. The van der Waals surface area contributed by atoms with Crippen LogP contribution in [0.25, 0.3) is 16.5 Å². The van der Waals surface area contributed by atoms with Crippen molar-refractivity contribution in [2.24, 2.45) is 5.73 Å². The third kappa shape index (κ3) is 6.44. The molecule has 50 heavy (non-hydrogen) atoms. The number of anilines is 2. The van der Waals surface area contributed by atoms with Crippen molar-refractivity contribution in [3.8, 4) is 12.1 Å². The van der Waals surface area contributed by atoms with E-state index in [0.717, 1.165) is 59.5 Å². The van der Waals surface area contributed by atoms with Crippen LogP contribution in [0.2, 0.25) is 5.02 Å². The Morgan fingerprint density at radius 1 is 1.10 bits per heavy atom. The summed E-state index contributed by atoms with van der Waals surface area (Å²) in [5.41, 5.74) is 8.47. The second-order valence-electron chi connectivity index (χ2n) is 13.1. The first kappa shape index (κ1) is 33.3. The molecule has 2 N–H and O–H groups in total. The Kier molecular flexibility index (Phi) is 9.31. The first-order chi connectivity index (χ1) is 24.2. The number of aromatic nitrogens is 4. The highest BCUT2D eigenvalue weighted by molar-refractivity contribution is 6.36. The zero-order chi connectivity index (χ0) is 34.9. The summed E-state index contributed by atoms with van der Waals surface area (Å²) in [6.45, 7) is 7.98. The molecule has 0 saturated carbocycles. The standard InChI is InChI=1S/C36H39ClN10O3/c1-23(46-20-30(33(39)48)40-22-46)35(49)47-17-16-45(18-25(47)11-13-38)34-27-12-15-44(31-10-4-7-24-6-3-9-28(37)32(24)31)19-29(27)41-36(42-34)50-21-26-8-5-14-43(26)2/h3-4,6-7,9-10,20,22,25-26H,1,5,8,11-12,14-19,21H2,2H3,(H2,39,48)/t25-,26-/m0/s1. The maximum absolute atomic E-state index is 13.7. The van der Waals surface area contributed by atoms with Gasteiger partial charge in [0.25, 0.3) is 11.8 Å². The molecule has 3 aliphatic rings. The third-order valence-electron chi connectivity index (χ3n) is 10.0. The Morgan fingerprint density at radius 3 is 2.66 bits per heavy atom. The van der Waals surface area contributed by atoms with Gasteiger partial charge in [-0.15, -0.1) is 0 Å². The largest absolute Gasteiger partial charge is 0.462 e. The van der Waals surface area contributed by atoms with Crippen LogP contribution in [0.1, 0.15) is 41.0 Å². The summed E-state index contributed by atoms with van der Waals surface area (Å²) >= 11 is 6.73. The van der Waals surface area contributed by atoms with Gasteiger partial charge in [0, 0.05) is 55.1 Å². The number of imidazole rings is 1. The maximum Gasteiger partial charge on any atom is 0.318 e. The lowest BCUT2D eigenvalue weighted by Gasteiger charge is -2.42. The van der Waals surface area contributed by atoms with Crippen molar-refractivity contribution < 1.29 is 14.3 Å². The van der Waals surface area contributed by atoms with E-state index in [1.807, 2.05) is 12.1 Å². The molecule has 14 heteroatoms. The molecule has 258 valence electrons. The quantitative estimate of drug-likeness (QED) is 0.257. The van der Waals surface area contributed by atoms with E-state index in [9.17, 15) is 14.9 Å². The van der Waals surface area contributed by atoms with Gasteiger partial charge in [-0.1, -0.05) is 42.4 Å². The van der Waals surface area contributed by atoms with E-state index in [0.29, 0.717) is 56.3 Å². The molecule has 0 bridgehead atoms.